The van der Waals surface area contributed by atoms with Gasteiger partial charge in [-0.25, -0.2) is 15.0 Å². The Morgan fingerprint density at radius 3 is 1.67 bits per heavy atom. The Balaban J connectivity index is 1.29. The molecule has 2 aliphatic carbocycles. The molecule has 0 N–H and O–H groups in total. The van der Waals surface area contributed by atoms with E-state index in [1.54, 1.807) is 0 Å². The summed E-state index contributed by atoms with van der Waals surface area (Å²) < 4.78 is 0. The van der Waals surface area contributed by atoms with Crippen LogP contribution in [0.15, 0.2) is 164 Å². The zero-order chi connectivity index (χ0) is 32.4. The van der Waals surface area contributed by atoms with E-state index in [1.165, 1.54) is 55.3 Å². The first-order valence-electron chi connectivity index (χ1n) is 16.7. The fourth-order valence-electron chi connectivity index (χ4n) is 8.04. The van der Waals surface area contributed by atoms with Crippen LogP contribution in [0.1, 0.15) is 33.4 Å². The average Bonchev–Trinajstić information content (AvgIpc) is 3.40. The largest absolute Gasteiger partial charge is 0.208 e. The van der Waals surface area contributed by atoms with E-state index >= 15 is 0 Å². The molecule has 2 aliphatic rings. The molecule has 3 heteroatoms. The van der Waals surface area contributed by atoms with E-state index in [4.69, 9.17) is 15.0 Å². The van der Waals surface area contributed by atoms with Gasteiger partial charge in [-0.15, -0.1) is 0 Å². The SMILES string of the molecule is C1=Cc2ccc(-c3nc(-c4ccccc4)nc(-c4ccccc4)n3)cc2C2(c3ccccc31)c1ccccc1-c1c2ccc2ccccc12. The molecule has 0 amide bonds. The molecule has 10 rings (SSSR count). The summed E-state index contributed by atoms with van der Waals surface area (Å²) >= 11 is 0. The molecule has 49 heavy (non-hydrogen) atoms. The predicted octanol–water partition coefficient (Wildman–Crippen LogP) is 10.9. The third-order valence-electron chi connectivity index (χ3n) is 10.2. The standard InChI is InChI=1S/C46H29N3/c1-3-15-33(16-4-1)43-47-44(34-17-5-2-6-18-34)49-45(48-43)35-26-25-32-24-23-31-14-8-11-21-38(31)46(41(32)29-35)39-22-12-10-20-37(39)42-36-19-9-7-13-30(36)27-28-40(42)46/h1-29H. The van der Waals surface area contributed by atoms with Gasteiger partial charge in [0.05, 0.1) is 5.41 Å². The minimum atomic E-state index is -0.557. The third kappa shape index (κ3) is 4.12. The molecule has 1 atom stereocenters. The van der Waals surface area contributed by atoms with E-state index in [9.17, 15) is 0 Å². The molecule has 8 aromatic rings. The van der Waals surface area contributed by atoms with Crippen LogP contribution in [0.25, 0.3) is 68.2 Å². The summed E-state index contributed by atoms with van der Waals surface area (Å²) in [6.07, 6.45) is 4.54. The van der Waals surface area contributed by atoms with Crippen LogP contribution in [0.2, 0.25) is 0 Å². The first-order chi connectivity index (χ1) is 24.3. The summed E-state index contributed by atoms with van der Waals surface area (Å²) in [6, 6.07) is 58.3. The summed E-state index contributed by atoms with van der Waals surface area (Å²) in [5.74, 6) is 1.96. The highest BCUT2D eigenvalue weighted by molar-refractivity contribution is 6.05. The summed E-state index contributed by atoms with van der Waals surface area (Å²) in [6.45, 7) is 0. The van der Waals surface area contributed by atoms with Crippen LogP contribution >= 0.6 is 0 Å². The van der Waals surface area contributed by atoms with Gasteiger partial charge in [-0.05, 0) is 61.3 Å². The van der Waals surface area contributed by atoms with Crippen molar-refractivity contribution in [2.45, 2.75) is 5.41 Å². The molecule has 1 spiro atoms. The van der Waals surface area contributed by atoms with Crippen LogP contribution in [0.5, 0.6) is 0 Å². The lowest BCUT2D eigenvalue weighted by atomic mass is 9.65. The van der Waals surface area contributed by atoms with Crippen LogP contribution in [0.4, 0.5) is 0 Å². The summed E-state index contributed by atoms with van der Waals surface area (Å²) in [4.78, 5) is 15.2. The Bertz CT molecular complexity index is 2550. The highest BCUT2D eigenvalue weighted by atomic mass is 15.0. The molecule has 0 aliphatic heterocycles. The smallest absolute Gasteiger partial charge is 0.164 e. The van der Waals surface area contributed by atoms with Crippen LogP contribution in [-0.2, 0) is 5.41 Å². The minimum Gasteiger partial charge on any atom is -0.208 e. The second-order valence-corrected chi connectivity index (χ2v) is 12.8. The first-order valence-corrected chi connectivity index (χ1v) is 16.7. The normalized spacial score (nSPS) is 15.3. The molecule has 0 bridgehead atoms. The van der Waals surface area contributed by atoms with Crippen molar-refractivity contribution in [3.63, 3.8) is 0 Å². The maximum Gasteiger partial charge on any atom is 0.164 e. The van der Waals surface area contributed by atoms with Crippen LogP contribution in [0.3, 0.4) is 0 Å². The topological polar surface area (TPSA) is 38.7 Å². The molecule has 1 heterocycles. The lowest BCUT2D eigenvalue weighted by molar-refractivity contribution is 0.767. The number of benzene rings is 7. The predicted molar refractivity (Wildman–Crippen MR) is 200 cm³/mol. The van der Waals surface area contributed by atoms with Gasteiger partial charge in [0.25, 0.3) is 0 Å². The highest BCUT2D eigenvalue weighted by Crippen LogP contribution is 2.60. The zero-order valence-electron chi connectivity index (χ0n) is 26.6. The Morgan fingerprint density at radius 1 is 0.367 bits per heavy atom. The van der Waals surface area contributed by atoms with E-state index in [0.717, 1.165) is 16.7 Å². The molecule has 1 aromatic heterocycles. The quantitative estimate of drug-likeness (QED) is 0.197. The lowest BCUT2D eigenvalue weighted by Gasteiger charge is -2.35. The van der Waals surface area contributed by atoms with E-state index in [2.05, 4.69) is 140 Å². The van der Waals surface area contributed by atoms with Gasteiger partial charge in [-0.2, -0.15) is 0 Å². The number of hydrogen-bond donors (Lipinski definition) is 0. The van der Waals surface area contributed by atoms with E-state index < -0.39 is 5.41 Å². The van der Waals surface area contributed by atoms with Gasteiger partial charge in [0, 0.05) is 16.7 Å². The Kier molecular flexibility index (Phi) is 6.09. The fourth-order valence-corrected chi connectivity index (χ4v) is 8.04. The van der Waals surface area contributed by atoms with Crippen molar-refractivity contribution in [3.05, 3.63) is 197 Å². The molecule has 0 saturated carbocycles. The summed E-state index contributed by atoms with van der Waals surface area (Å²) in [5.41, 5.74) is 12.4. The van der Waals surface area contributed by atoms with Gasteiger partial charge in [-0.1, -0.05) is 170 Å². The van der Waals surface area contributed by atoms with Crippen molar-refractivity contribution in [1.82, 2.24) is 15.0 Å². The minimum absolute atomic E-state index is 0.557. The monoisotopic (exact) mass is 623 g/mol. The highest BCUT2D eigenvalue weighted by Gasteiger charge is 2.49. The Hall–Kier alpha value is -6.45. The van der Waals surface area contributed by atoms with Gasteiger partial charge < -0.3 is 0 Å². The maximum absolute atomic E-state index is 5.12. The van der Waals surface area contributed by atoms with Gasteiger partial charge >= 0.3 is 0 Å². The molecule has 0 fully saturated rings. The Morgan fingerprint density at radius 2 is 0.939 bits per heavy atom. The van der Waals surface area contributed by atoms with Gasteiger partial charge in [0.1, 0.15) is 0 Å². The average molecular weight is 624 g/mol. The van der Waals surface area contributed by atoms with Crippen molar-refractivity contribution in [2.75, 3.05) is 0 Å². The number of aromatic nitrogens is 3. The molecular weight excluding hydrogens is 595 g/mol. The summed E-state index contributed by atoms with van der Waals surface area (Å²) in [5, 5.41) is 2.52. The molecule has 1 unspecified atom stereocenters. The van der Waals surface area contributed by atoms with Crippen LogP contribution in [-0.4, -0.2) is 15.0 Å². The molecule has 228 valence electrons. The van der Waals surface area contributed by atoms with Gasteiger partial charge in [-0.3, -0.25) is 0 Å². The fraction of sp³-hybridized carbons (Fsp3) is 0.0217. The van der Waals surface area contributed by atoms with Crippen molar-refractivity contribution in [3.8, 4) is 45.3 Å². The number of hydrogen-bond acceptors (Lipinski definition) is 3. The van der Waals surface area contributed by atoms with Crippen LogP contribution < -0.4 is 0 Å². The van der Waals surface area contributed by atoms with Gasteiger partial charge in [0.2, 0.25) is 0 Å². The summed E-state index contributed by atoms with van der Waals surface area (Å²) in [7, 11) is 0. The molecule has 3 nitrogen and oxygen atoms in total. The van der Waals surface area contributed by atoms with E-state index in [-0.39, 0.29) is 0 Å². The van der Waals surface area contributed by atoms with E-state index in [1.807, 2.05) is 36.4 Å². The second kappa shape index (κ2) is 10.8. The van der Waals surface area contributed by atoms with E-state index in [0.29, 0.717) is 17.5 Å². The second-order valence-electron chi connectivity index (χ2n) is 12.8. The lowest BCUT2D eigenvalue weighted by Crippen LogP contribution is -2.30. The third-order valence-corrected chi connectivity index (χ3v) is 10.2. The Labute approximate surface area is 285 Å². The van der Waals surface area contributed by atoms with Crippen molar-refractivity contribution >= 4 is 22.9 Å². The molecular formula is C46H29N3. The molecule has 0 radical (unpaired) electrons. The molecule has 7 aromatic carbocycles. The molecule has 0 saturated heterocycles. The number of nitrogens with zero attached hydrogens (tertiary/aromatic N) is 3. The van der Waals surface area contributed by atoms with Crippen molar-refractivity contribution < 1.29 is 0 Å². The van der Waals surface area contributed by atoms with Crippen molar-refractivity contribution in [2.24, 2.45) is 0 Å². The number of rotatable bonds is 3. The maximum atomic E-state index is 5.12. The first kappa shape index (κ1) is 27.6. The zero-order valence-corrected chi connectivity index (χ0v) is 26.6. The number of fused-ring (bicyclic) bond motifs is 11. The van der Waals surface area contributed by atoms with Crippen LogP contribution in [0, 0.1) is 0 Å². The van der Waals surface area contributed by atoms with Gasteiger partial charge in [0.15, 0.2) is 17.5 Å². The van der Waals surface area contributed by atoms with Crippen molar-refractivity contribution in [1.29, 1.82) is 0 Å².